The summed E-state index contributed by atoms with van der Waals surface area (Å²) in [5.74, 6) is 0.285. The number of ether oxygens (including phenoxy) is 1. The van der Waals surface area contributed by atoms with Gasteiger partial charge >= 0.3 is 5.95 Å². The zero-order valence-electron chi connectivity index (χ0n) is 10.2. The van der Waals surface area contributed by atoms with Gasteiger partial charge in [0.15, 0.2) is 5.69 Å². The van der Waals surface area contributed by atoms with Gasteiger partial charge in [-0.3, -0.25) is 10.7 Å². The molecule has 0 amide bonds. The van der Waals surface area contributed by atoms with Crippen molar-refractivity contribution in [3.63, 3.8) is 0 Å². The summed E-state index contributed by atoms with van der Waals surface area (Å²) >= 11 is 0. The van der Waals surface area contributed by atoms with E-state index in [1.165, 1.54) is 0 Å². The summed E-state index contributed by atoms with van der Waals surface area (Å²) < 4.78 is 11.2. The maximum Gasteiger partial charge on any atom is 0.312 e. The molecule has 2 N–H and O–H groups in total. The van der Waals surface area contributed by atoms with Crippen LogP contribution in [0.2, 0.25) is 0 Å². The molecular formula is C15H13NO3. The summed E-state index contributed by atoms with van der Waals surface area (Å²) in [5.41, 5.74) is 4.29. The molecule has 96 valence electrons. The molecule has 0 radical (unpaired) electrons. The number of benzene rings is 2. The molecule has 0 aliphatic heterocycles. The van der Waals surface area contributed by atoms with E-state index in [0.29, 0.717) is 17.9 Å². The van der Waals surface area contributed by atoms with Crippen LogP contribution in [0.15, 0.2) is 59.0 Å². The monoisotopic (exact) mass is 255 g/mol. The molecular weight excluding hydrogens is 242 g/mol. The smallest absolute Gasteiger partial charge is 0.312 e. The van der Waals surface area contributed by atoms with Gasteiger partial charge in [0.2, 0.25) is 0 Å². The number of hydrogen-bond acceptors (Lipinski definition) is 4. The van der Waals surface area contributed by atoms with Gasteiger partial charge in [0, 0.05) is 0 Å². The van der Waals surface area contributed by atoms with Crippen molar-refractivity contribution < 1.29 is 14.4 Å². The quantitative estimate of drug-likeness (QED) is 0.696. The first kappa shape index (κ1) is 11.6. The SMILES string of the molecule is ONc1c(OCc2ccccc2)oc2ccccc12. The molecule has 0 bridgehead atoms. The third kappa shape index (κ3) is 2.26. The fraction of sp³-hybridized carbons (Fsp3) is 0.0667. The summed E-state index contributed by atoms with van der Waals surface area (Å²) in [6.07, 6.45) is 0. The molecule has 3 aromatic rings. The van der Waals surface area contributed by atoms with Crippen LogP contribution < -0.4 is 10.2 Å². The molecule has 0 atom stereocenters. The Morgan fingerprint density at radius 3 is 2.53 bits per heavy atom. The molecule has 0 fully saturated rings. The Morgan fingerprint density at radius 2 is 1.74 bits per heavy atom. The predicted molar refractivity (Wildman–Crippen MR) is 72.4 cm³/mol. The number of hydrogen-bond donors (Lipinski definition) is 2. The number of fused-ring (bicyclic) bond motifs is 1. The summed E-state index contributed by atoms with van der Waals surface area (Å²) in [7, 11) is 0. The van der Waals surface area contributed by atoms with E-state index >= 15 is 0 Å². The van der Waals surface area contributed by atoms with Gasteiger partial charge in [-0.05, 0) is 17.7 Å². The van der Waals surface area contributed by atoms with Gasteiger partial charge in [-0.25, -0.2) is 0 Å². The van der Waals surface area contributed by atoms with Crippen LogP contribution in [0.3, 0.4) is 0 Å². The van der Waals surface area contributed by atoms with Gasteiger partial charge in [-0.15, -0.1) is 0 Å². The predicted octanol–water partition coefficient (Wildman–Crippen LogP) is 3.81. The normalized spacial score (nSPS) is 10.6. The highest BCUT2D eigenvalue weighted by atomic mass is 16.6. The Bertz CT molecular complexity index is 676. The number of furan rings is 1. The van der Waals surface area contributed by atoms with Crippen LogP contribution in [0, 0.1) is 0 Å². The lowest BCUT2D eigenvalue weighted by Gasteiger charge is -2.04. The first-order valence-electron chi connectivity index (χ1n) is 5.97. The average molecular weight is 255 g/mol. The van der Waals surface area contributed by atoms with Gasteiger partial charge in [0.1, 0.15) is 12.2 Å². The minimum Gasteiger partial charge on any atom is -0.459 e. The van der Waals surface area contributed by atoms with Crippen LogP contribution in [-0.4, -0.2) is 5.21 Å². The van der Waals surface area contributed by atoms with Crippen molar-refractivity contribution >= 4 is 16.7 Å². The third-order valence-corrected chi connectivity index (χ3v) is 2.89. The lowest BCUT2D eigenvalue weighted by Crippen LogP contribution is -1.97. The maximum atomic E-state index is 9.21. The Hall–Kier alpha value is -2.46. The zero-order valence-corrected chi connectivity index (χ0v) is 10.2. The van der Waals surface area contributed by atoms with E-state index < -0.39 is 0 Å². The molecule has 4 heteroatoms. The Morgan fingerprint density at radius 1 is 1.00 bits per heavy atom. The Labute approximate surface area is 110 Å². The third-order valence-electron chi connectivity index (χ3n) is 2.89. The van der Waals surface area contributed by atoms with Gasteiger partial charge in [0.25, 0.3) is 0 Å². The van der Waals surface area contributed by atoms with Crippen molar-refractivity contribution in [3.8, 4) is 5.95 Å². The topological polar surface area (TPSA) is 54.6 Å². The minimum atomic E-state index is 0.285. The second-order valence-electron chi connectivity index (χ2n) is 4.15. The fourth-order valence-electron chi connectivity index (χ4n) is 1.95. The van der Waals surface area contributed by atoms with Crippen molar-refractivity contribution in [2.45, 2.75) is 6.61 Å². The van der Waals surface area contributed by atoms with Crippen LogP contribution in [0.5, 0.6) is 5.95 Å². The number of para-hydroxylation sites is 1. The van der Waals surface area contributed by atoms with Gasteiger partial charge in [-0.1, -0.05) is 42.5 Å². The summed E-state index contributed by atoms with van der Waals surface area (Å²) in [4.78, 5) is 0. The number of nitrogens with one attached hydrogen (secondary N) is 1. The maximum absolute atomic E-state index is 9.21. The van der Waals surface area contributed by atoms with Crippen molar-refractivity contribution in [2.24, 2.45) is 0 Å². The largest absolute Gasteiger partial charge is 0.459 e. The van der Waals surface area contributed by atoms with E-state index in [0.717, 1.165) is 10.9 Å². The van der Waals surface area contributed by atoms with E-state index in [4.69, 9.17) is 9.15 Å². The first-order chi connectivity index (χ1) is 9.38. The van der Waals surface area contributed by atoms with Crippen molar-refractivity contribution in [2.75, 3.05) is 5.48 Å². The number of anilines is 1. The van der Waals surface area contributed by atoms with Crippen molar-refractivity contribution in [3.05, 3.63) is 60.2 Å². The van der Waals surface area contributed by atoms with E-state index in [-0.39, 0.29) is 5.95 Å². The van der Waals surface area contributed by atoms with Gasteiger partial charge < -0.3 is 9.15 Å². The lowest BCUT2D eigenvalue weighted by molar-refractivity contribution is 0.237. The summed E-state index contributed by atoms with van der Waals surface area (Å²) in [6, 6.07) is 17.2. The van der Waals surface area contributed by atoms with Gasteiger partial charge in [0.05, 0.1) is 5.39 Å². The second kappa shape index (κ2) is 5.04. The highest BCUT2D eigenvalue weighted by Crippen LogP contribution is 2.36. The molecule has 0 aliphatic rings. The van der Waals surface area contributed by atoms with Crippen LogP contribution >= 0.6 is 0 Å². The van der Waals surface area contributed by atoms with E-state index in [1.807, 2.05) is 54.6 Å². The molecule has 0 unspecified atom stereocenters. The van der Waals surface area contributed by atoms with E-state index in [9.17, 15) is 5.21 Å². The summed E-state index contributed by atoms with van der Waals surface area (Å²) in [6.45, 7) is 0.384. The molecule has 0 aliphatic carbocycles. The standard InChI is InChI=1S/C15H13NO3/c17-16-14-12-8-4-5-9-13(12)19-15(14)18-10-11-6-2-1-3-7-11/h1-9,16-17H,10H2. The number of rotatable bonds is 4. The Kier molecular flexibility index (Phi) is 3.08. The molecule has 0 saturated carbocycles. The highest BCUT2D eigenvalue weighted by molar-refractivity contribution is 5.93. The second-order valence-corrected chi connectivity index (χ2v) is 4.15. The van der Waals surface area contributed by atoms with Crippen LogP contribution in [-0.2, 0) is 6.61 Å². The molecule has 0 spiro atoms. The van der Waals surface area contributed by atoms with Crippen LogP contribution in [0.1, 0.15) is 5.56 Å². The van der Waals surface area contributed by atoms with E-state index in [2.05, 4.69) is 5.48 Å². The summed E-state index contributed by atoms with van der Waals surface area (Å²) in [5, 5.41) is 10.00. The molecule has 4 nitrogen and oxygen atoms in total. The average Bonchev–Trinajstić information content (AvgIpc) is 2.83. The Balaban J connectivity index is 1.88. The molecule has 1 heterocycles. The highest BCUT2D eigenvalue weighted by Gasteiger charge is 2.14. The molecule has 1 aromatic heterocycles. The van der Waals surface area contributed by atoms with Gasteiger partial charge in [-0.2, -0.15) is 0 Å². The van der Waals surface area contributed by atoms with E-state index in [1.54, 1.807) is 0 Å². The van der Waals surface area contributed by atoms with Crippen molar-refractivity contribution in [1.29, 1.82) is 0 Å². The molecule has 0 saturated heterocycles. The minimum absolute atomic E-state index is 0.285. The molecule has 2 aromatic carbocycles. The molecule has 19 heavy (non-hydrogen) atoms. The van der Waals surface area contributed by atoms with Crippen LogP contribution in [0.4, 0.5) is 5.69 Å². The fourth-order valence-corrected chi connectivity index (χ4v) is 1.95. The molecule has 3 rings (SSSR count). The van der Waals surface area contributed by atoms with Crippen molar-refractivity contribution in [1.82, 2.24) is 0 Å². The lowest BCUT2D eigenvalue weighted by atomic mass is 10.2. The zero-order chi connectivity index (χ0) is 13.1. The first-order valence-corrected chi connectivity index (χ1v) is 5.97. The van der Waals surface area contributed by atoms with Crippen LogP contribution in [0.25, 0.3) is 11.0 Å².